The van der Waals surface area contributed by atoms with Crippen LogP contribution in [0.1, 0.15) is 24.0 Å². The summed E-state index contributed by atoms with van der Waals surface area (Å²) in [6.45, 7) is 1.70. The summed E-state index contributed by atoms with van der Waals surface area (Å²) in [4.78, 5) is 4.01. The molecule has 2 heteroatoms. The topological polar surface area (TPSA) is 22.1 Å². The zero-order valence-corrected chi connectivity index (χ0v) is 11.3. The third-order valence-corrected chi connectivity index (χ3v) is 3.10. The maximum absolute atomic E-state index is 5.66. The molecule has 2 nitrogen and oxygen atoms in total. The number of rotatable bonds is 8. The Kier molecular flexibility index (Phi) is 6.11. The van der Waals surface area contributed by atoms with E-state index in [1.165, 1.54) is 11.1 Å². The van der Waals surface area contributed by atoms with Gasteiger partial charge in [0.25, 0.3) is 0 Å². The monoisotopic (exact) mass is 255 g/mol. The lowest BCUT2D eigenvalue weighted by Gasteiger charge is -2.04. The first-order valence-electron chi connectivity index (χ1n) is 6.96. The zero-order valence-electron chi connectivity index (χ0n) is 11.3. The third-order valence-electron chi connectivity index (χ3n) is 3.10. The summed E-state index contributed by atoms with van der Waals surface area (Å²) in [5, 5.41) is 0. The largest absolute Gasteiger partial charge is 0.381 e. The van der Waals surface area contributed by atoms with Crippen molar-refractivity contribution in [3.63, 3.8) is 0 Å². The molecule has 1 aromatic carbocycles. The van der Waals surface area contributed by atoms with Crippen LogP contribution in [0.4, 0.5) is 0 Å². The van der Waals surface area contributed by atoms with E-state index in [9.17, 15) is 0 Å². The van der Waals surface area contributed by atoms with E-state index in [0.717, 1.165) is 38.9 Å². The number of benzene rings is 1. The summed E-state index contributed by atoms with van der Waals surface area (Å²) >= 11 is 0. The Labute approximate surface area is 115 Å². The second-order valence-electron chi connectivity index (χ2n) is 4.66. The van der Waals surface area contributed by atoms with Gasteiger partial charge in [-0.25, -0.2) is 0 Å². The molecule has 0 radical (unpaired) electrons. The van der Waals surface area contributed by atoms with E-state index in [2.05, 4.69) is 47.4 Å². The highest BCUT2D eigenvalue weighted by Gasteiger charge is 1.94. The molecule has 0 N–H and O–H groups in total. The molecule has 0 amide bonds. The minimum Gasteiger partial charge on any atom is -0.381 e. The highest BCUT2D eigenvalue weighted by molar-refractivity contribution is 5.14. The Bertz CT molecular complexity index is 398. The van der Waals surface area contributed by atoms with Crippen molar-refractivity contribution < 1.29 is 4.74 Å². The number of hydrogen-bond donors (Lipinski definition) is 0. The van der Waals surface area contributed by atoms with Crippen LogP contribution in [0.2, 0.25) is 0 Å². The van der Waals surface area contributed by atoms with E-state index in [1.807, 2.05) is 12.4 Å². The highest BCUT2D eigenvalue weighted by atomic mass is 16.5. The molecule has 2 rings (SSSR count). The van der Waals surface area contributed by atoms with Gasteiger partial charge in [0.2, 0.25) is 0 Å². The normalized spacial score (nSPS) is 10.5. The molecule has 0 atom stereocenters. The molecule has 0 unspecified atom stereocenters. The van der Waals surface area contributed by atoms with Gasteiger partial charge in [-0.2, -0.15) is 0 Å². The average Bonchev–Trinajstić information content (AvgIpc) is 2.48. The predicted molar refractivity (Wildman–Crippen MR) is 78.1 cm³/mol. The SMILES string of the molecule is c1ccc(CCCOCCCc2ccncc2)cc1. The Balaban J connectivity index is 1.49. The molecule has 19 heavy (non-hydrogen) atoms. The molecule has 0 aliphatic heterocycles. The van der Waals surface area contributed by atoms with Crippen molar-refractivity contribution in [1.82, 2.24) is 4.98 Å². The molecule has 0 fully saturated rings. The van der Waals surface area contributed by atoms with Crippen LogP contribution < -0.4 is 0 Å². The van der Waals surface area contributed by atoms with E-state index in [-0.39, 0.29) is 0 Å². The minimum atomic E-state index is 0.844. The number of nitrogens with zero attached hydrogens (tertiary/aromatic N) is 1. The number of aromatic nitrogens is 1. The second kappa shape index (κ2) is 8.44. The van der Waals surface area contributed by atoms with E-state index in [4.69, 9.17) is 4.74 Å². The quantitative estimate of drug-likeness (QED) is 0.671. The summed E-state index contributed by atoms with van der Waals surface area (Å²) in [7, 11) is 0. The first kappa shape index (κ1) is 13.8. The fourth-order valence-electron chi connectivity index (χ4n) is 2.05. The van der Waals surface area contributed by atoms with Crippen LogP contribution >= 0.6 is 0 Å². The summed E-state index contributed by atoms with van der Waals surface area (Å²) in [5.41, 5.74) is 2.73. The van der Waals surface area contributed by atoms with Crippen molar-refractivity contribution in [1.29, 1.82) is 0 Å². The van der Waals surface area contributed by atoms with Crippen molar-refractivity contribution in [2.45, 2.75) is 25.7 Å². The number of pyridine rings is 1. The molecule has 0 spiro atoms. The van der Waals surface area contributed by atoms with Gasteiger partial charge in [-0.3, -0.25) is 4.98 Å². The van der Waals surface area contributed by atoms with E-state index < -0.39 is 0 Å². The van der Waals surface area contributed by atoms with Crippen LogP contribution in [-0.4, -0.2) is 18.2 Å². The molecule has 0 saturated carbocycles. The van der Waals surface area contributed by atoms with Gasteiger partial charge in [0.05, 0.1) is 0 Å². The fraction of sp³-hybridized carbons (Fsp3) is 0.353. The Hall–Kier alpha value is -1.67. The van der Waals surface area contributed by atoms with Crippen LogP contribution in [0.15, 0.2) is 54.9 Å². The van der Waals surface area contributed by atoms with Gasteiger partial charge in [-0.1, -0.05) is 30.3 Å². The number of ether oxygens (including phenoxy) is 1. The van der Waals surface area contributed by atoms with E-state index >= 15 is 0 Å². The first-order valence-corrected chi connectivity index (χ1v) is 6.96. The lowest BCUT2D eigenvalue weighted by atomic mass is 10.1. The molecule has 2 aromatic rings. The molecule has 0 bridgehead atoms. The van der Waals surface area contributed by atoms with Crippen molar-refractivity contribution in [2.24, 2.45) is 0 Å². The number of aryl methyl sites for hydroxylation is 2. The van der Waals surface area contributed by atoms with Crippen molar-refractivity contribution in [2.75, 3.05) is 13.2 Å². The van der Waals surface area contributed by atoms with Crippen molar-refractivity contribution >= 4 is 0 Å². The van der Waals surface area contributed by atoms with Gasteiger partial charge < -0.3 is 4.74 Å². The molecule has 0 saturated heterocycles. The van der Waals surface area contributed by atoms with E-state index in [1.54, 1.807) is 0 Å². The summed E-state index contributed by atoms with van der Waals surface area (Å²) in [6.07, 6.45) is 8.03. The molecule has 0 aliphatic carbocycles. The lowest BCUT2D eigenvalue weighted by Crippen LogP contribution is -2.00. The molecular formula is C17H21NO. The van der Waals surface area contributed by atoms with Crippen molar-refractivity contribution in [3.8, 4) is 0 Å². The lowest BCUT2D eigenvalue weighted by molar-refractivity contribution is 0.130. The highest BCUT2D eigenvalue weighted by Crippen LogP contribution is 2.04. The fourth-order valence-corrected chi connectivity index (χ4v) is 2.05. The first-order chi connectivity index (χ1) is 9.45. The van der Waals surface area contributed by atoms with Crippen LogP contribution in [0.25, 0.3) is 0 Å². The van der Waals surface area contributed by atoms with Crippen LogP contribution in [0.5, 0.6) is 0 Å². The maximum Gasteiger partial charge on any atom is 0.0469 e. The molecule has 1 heterocycles. The van der Waals surface area contributed by atoms with Gasteiger partial charge >= 0.3 is 0 Å². The smallest absolute Gasteiger partial charge is 0.0469 e. The standard InChI is InChI=1S/C17H21NO/c1-2-6-16(7-3-1)8-4-14-19-15-5-9-17-10-12-18-13-11-17/h1-3,6-7,10-13H,4-5,8-9,14-15H2. The predicted octanol–water partition coefficient (Wildman–Crippen LogP) is 3.66. The number of hydrogen-bond acceptors (Lipinski definition) is 2. The Morgan fingerprint density at radius 3 is 1.95 bits per heavy atom. The maximum atomic E-state index is 5.66. The van der Waals surface area contributed by atoms with Gasteiger partial charge in [0, 0.05) is 25.6 Å². The Morgan fingerprint density at radius 1 is 0.737 bits per heavy atom. The van der Waals surface area contributed by atoms with Gasteiger partial charge in [0.1, 0.15) is 0 Å². The van der Waals surface area contributed by atoms with Crippen LogP contribution in [0.3, 0.4) is 0 Å². The zero-order chi connectivity index (χ0) is 13.2. The summed E-state index contributed by atoms with van der Waals surface area (Å²) < 4.78 is 5.66. The van der Waals surface area contributed by atoms with Gasteiger partial charge in [-0.15, -0.1) is 0 Å². The van der Waals surface area contributed by atoms with Crippen molar-refractivity contribution in [3.05, 3.63) is 66.0 Å². The minimum absolute atomic E-state index is 0.844. The molecule has 0 aliphatic rings. The molecule has 100 valence electrons. The van der Waals surface area contributed by atoms with Crippen LogP contribution in [0, 0.1) is 0 Å². The van der Waals surface area contributed by atoms with Gasteiger partial charge in [-0.05, 0) is 48.9 Å². The van der Waals surface area contributed by atoms with E-state index in [0.29, 0.717) is 0 Å². The second-order valence-corrected chi connectivity index (χ2v) is 4.66. The molecular weight excluding hydrogens is 234 g/mol. The van der Waals surface area contributed by atoms with Crippen LogP contribution in [-0.2, 0) is 17.6 Å². The average molecular weight is 255 g/mol. The van der Waals surface area contributed by atoms with Gasteiger partial charge in [0.15, 0.2) is 0 Å². The summed E-state index contributed by atoms with van der Waals surface area (Å²) in [6, 6.07) is 14.7. The summed E-state index contributed by atoms with van der Waals surface area (Å²) in [5.74, 6) is 0. The third kappa shape index (κ3) is 5.66. The Morgan fingerprint density at radius 2 is 1.32 bits per heavy atom. The molecule has 1 aromatic heterocycles.